The van der Waals surface area contributed by atoms with Crippen LogP contribution in [0.2, 0.25) is 0 Å². The SMILES string of the molecule is c1cncc(CNC2CCCc3nc(-c4cccnc4)ncc32)c1. The van der Waals surface area contributed by atoms with Crippen molar-refractivity contribution in [3.05, 3.63) is 72.1 Å². The lowest BCUT2D eigenvalue weighted by Gasteiger charge is -2.25. The lowest BCUT2D eigenvalue weighted by Crippen LogP contribution is -2.26. The number of aromatic nitrogens is 4. The Hall–Kier alpha value is -2.66. The summed E-state index contributed by atoms with van der Waals surface area (Å²) in [7, 11) is 0. The largest absolute Gasteiger partial charge is 0.306 e. The Morgan fingerprint density at radius 2 is 1.92 bits per heavy atom. The van der Waals surface area contributed by atoms with E-state index in [2.05, 4.69) is 26.3 Å². The van der Waals surface area contributed by atoms with E-state index in [1.165, 1.54) is 11.1 Å². The van der Waals surface area contributed by atoms with E-state index < -0.39 is 0 Å². The molecule has 1 aliphatic rings. The molecule has 24 heavy (non-hydrogen) atoms. The van der Waals surface area contributed by atoms with Gasteiger partial charge in [-0.25, -0.2) is 9.97 Å². The summed E-state index contributed by atoms with van der Waals surface area (Å²) in [6.45, 7) is 0.808. The summed E-state index contributed by atoms with van der Waals surface area (Å²) in [4.78, 5) is 17.7. The molecule has 0 saturated heterocycles. The van der Waals surface area contributed by atoms with Crippen LogP contribution in [0.3, 0.4) is 0 Å². The predicted molar refractivity (Wildman–Crippen MR) is 92.0 cm³/mol. The zero-order valence-electron chi connectivity index (χ0n) is 13.4. The number of fused-ring (bicyclic) bond motifs is 1. The molecule has 0 spiro atoms. The van der Waals surface area contributed by atoms with E-state index in [9.17, 15) is 0 Å². The van der Waals surface area contributed by atoms with Gasteiger partial charge in [0, 0.05) is 60.4 Å². The lowest BCUT2D eigenvalue weighted by molar-refractivity contribution is 0.452. The molecular weight excluding hydrogens is 298 g/mol. The second-order valence-electron chi connectivity index (χ2n) is 6.02. The summed E-state index contributed by atoms with van der Waals surface area (Å²) >= 11 is 0. The first-order chi connectivity index (χ1) is 11.9. The van der Waals surface area contributed by atoms with Gasteiger partial charge in [-0.1, -0.05) is 6.07 Å². The second-order valence-corrected chi connectivity index (χ2v) is 6.02. The Balaban J connectivity index is 1.55. The van der Waals surface area contributed by atoms with Crippen molar-refractivity contribution < 1.29 is 0 Å². The number of nitrogens with one attached hydrogen (secondary N) is 1. The van der Waals surface area contributed by atoms with E-state index in [0.717, 1.165) is 42.9 Å². The molecule has 0 amide bonds. The van der Waals surface area contributed by atoms with E-state index in [-0.39, 0.29) is 0 Å². The van der Waals surface area contributed by atoms with Crippen molar-refractivity contribution in [1.29, 1.82) is 0 Å². The van der Waals surface area contributed by atoms with Gasteiger partial charge < -0.3 is 5.32 Å². The van der Waals surface area contributed by atoms with Gasteiger partial charge in [-0.2, -0.15) is 0 Å². The molecule has 0 bridgehead atoms. The third-order valence-electron chi connectivity index (χ3n) is 4.38. The fourth-order valence-corrected chi connectivity index (χ4v) is 3.14. The highest BCUT2D eigenvalue weighted by Gasteiger charge is 2.22. The van der Waals surface area contributed by atoms with Crippen LogP contribution < -0.4 is 5.32 Å². The minimum absolute atomic E-state index is 0.303. The van der Waals surface area contributed by atoms with Crippen LogP contribution in [-0.4, -0.2) is 19.9 Å². The third-order valence-corrected chi connectivity index (χ3v) is 4.38. The van der Waals surface area contributed by atoms with E-state index in [0.29, 0.717) is 6.04 Å². The van der Waals surface area contributed by atoms with Crippen LogP contribution in [0.15, 0.2) is 55.2 Å². The monoisotopic (exact) mass is 317 g/mol. The molecule has 1 aliphatic carbocycles. The topological polar surface area (TPSA) is 63.6 Å². The van der Waals surface area contributed by atoms with Crippen molar-refractivity contribution >= 4 is 0 Å². The molecule has 0 saturated carbocycles. The fraction of sp³-hybridized carbons (Fsp3) is 0.263. The molecule has 3 heterocycles. The molecule has 3 aromatic rings. The van der Waals surface area contributed by atoms with Crippen LogP contribution in [0, 0.1) is 0 Å². The van der Waals surface area contributed by atoms with Gasteiger partial charge in [0.15, 0.2) is 5.82 Å². The number of aryl methyl sites for hydroxylation is 1. The van der Waals surface area contributed by atoms with E-state index >= 15 is 0 Å². The summed E-state index contributed by atoms with van der Waals surface area (Å²) < 4.78 is 0. The van der Waals surface area contributed by atoms with Crippen molar-refractivity contribution in [3.8, 4) is 11.4 Å². The van der Waals surface area contributed by atoms with Gasteiger partial charge in [0.05, 0.1) is 0 Å². The highest BCUT2D eigenvalue weighted by Crippen LogP contribution is 2.29. The molecule has 0 aromatic carbocycles. The molecule has 1 unspecified atom stereocenters. The molecule has 0 radical (unpaired) electrons. The van der Waals surface area contributed by atoms with Crippen molar-refractivity contribution in [2.75, 3.05) is 0 Å². The highest BCUT2D eigenvalue weighted by molar-refractivity contribution is 5.53. The predicted octanol–water partition coefficient (Wildman–Crippen LogP) is 3.10. The van der Waals surface area contributed by atoms with Gasteiger partial charge in [0.1, 0.15) is 0 Å². The molecule has 4 rings (SSSR count). The zero-order valence-corrected chi connectivity index (χ0v) is 13.4. The molecule has 3 aromatic heterocycles. The molecule has 1 N–H and O–H groups in total. The molecule has 5 nitrogen and oxygen atoms in total. The van der Waals surface area contributed by atoms with Crippen molar-refractivity contribution in [2.24, 2.45) is 0 Å². The van der Waals surface area contributed by atoms with Crippen LogP contribution in [0.5, 0.6) is 0 Å². The molecule has 5 heteroatoms. The number of rotatable bonds is 4. The molecular formula is C19H19N5. The standard InChI is InChI=1S/C19H19N5/c1-6-17(22-11-14-4-2-8-20-10-14)16-13-23-19(24-18(16)7-1)15-5-3-9-21-12-15/h2-5,8-10,12-13,17,22H,1,6-7,11H2. The number of pyridine rings is 2. The Kier molecular flexibility index (Phi) is 4.25. The second kappa shape index (κ2) is 6.84. The average Bonchev–Trinajstić information content (AvgIpc) is 2.67. The van der Waals surface area contributed by atoms with Crippen molar-refractivity contribution in [3.63, 3.8) is 0 Å². The summed E-state index contributed by atoms with van der Waals surface area (Å²) in [5.41, 5.74) is 4.53. The van der Waals surface area contributed by atoms with Gasteiger partial charge in [-0.3, -0.25) is 9.97 Å². The zero-order chi connectivity index (χ0) is 16.2. The minimum Gasteiger partial charge on any atom is -0.306 e. The quantitative estimate of drug-likeness (QED) is 0.801. The van der Waals surface area contributed by atoms with Crippen molar-refractivity contribution in [2.45, 2.75) is 31.8 Å². The van der Waals surface area contributed by atoms with Crippen molar-refractivity contribution in [1.82, 2.24) is 25.3 Å². The van der Waals surface area contributed by atoms with E-state index in [1.807, 2.05) is 36.8 Å². The smallest absolute Gasteiger partial charge is 0.160 e. The first kappa shape index (κ1) is 14.9. The fourth-order valence-electron chi connectivity index (χ4n) is 3.14. The third kappa shape index (κ3) is 3.16. The lowest BCUT2D eigenvalue weighted by atomic mass is 9.92. The van der Waals surface area contributed by atoms with Crippen LogP contribution in [0.1, 0.15) is 35.7 Å². The Labute approximate surface area is 141 Å². The van der Waals surface area contributed by atoms with E-state index in [1.54, 1.807) is 12.4 Å². The normalized spacial score (nSPS) is 16.6. The average molecular weight is 317 g/mol. The van der Waals surface area contributed by atoms with Gasteiger partial charge in [0.25, 0.3) is 0 Å². The maximum Gasteiger partial charge on any atom is 0.160 e. The summed E-state index contributed by atoms with van der Waals surface area (Å²) in [5.74, 6) is 0.759. The molecule has 0 fully saturated rings. The maximum absolute atomic E-state index is 4.79. The summed E-state index contributed by atoms with van der Waals surface area (Å²) in [6, 6.07) is 8.27. The van der Waals surface area contributed by atoms with Crippen LogP contribution in [-0.2, 0) is 13.0 Å². The van der Waals surface area contributed by atoms with E-state index in [4.69, 9.17) is 4.98 Å². The molecule has 0 aliphatic heterocycles. The maximum atomic E-state index is 4.79. The van der Waals surface area contributed by atoms with Gasteiger partial charge in [0.2, 0.25) is 0 Å². The minimum atomic E-state index is 0.303. The van der Waals surface area contributed by atoms with Crippen LogP contribution in [0.25, 0.3) is 11.4 Å². The highest BCUT2D eigenvalue weighted by atomic mass is 15.0. The summed E-state index contributed by atoms with van der Waals surface area (Å²) in [5, 5.41) is 3.62. The van der Waals surface area contributed by atoms with Gasteiger partial charge in [-0.15, -0.1) is 0 Å². The van der Waals surface area contributed by atoms with Gasteiger partial charge in [-0.05, 0) is 43.0 Å². The van der Waals surface area contributed by atoms with Crippen LogP contribution >= 0.6 is 0 Å². The molecule has 120 valence electrons. The van der Waals surface area contributed by atoms with Crippen LogP contribution in [0.4, 0.5) is 0 Å². The number of hydrogen-bond acceptors (Lipinski definition) is 5. The number of nitrogens with zero attached hydrogens (tertiary/aromatic N) is 4. The Bertz CT molecular complexity index is 805. The first-order valence-corrected chi connectivity index (χ1v) is 8.28. The molecule has 1 atom stereocenters. The number of hydrogen-bond donors (Lipinski definition) is 1. The summed E-state index contributed by atoms with van der Waals surface area (Å²) in [6.07, 6.45) is 12.5. The Morgan fingerprint density at radius 1 is 1.04 bits per heavy atom. The first-order valence-electron chi connectivity index (χ1n) is 8.28. The van der Waals surface area contributed by atoms with Gasteiger partial charge >= 0.3 is 0 Å². The Morgan fingerprint density at radius 3 is 2.71 bits per heavy atom.